The Labute approximate surface area is 98.1 Å². The lowest BCUT2D eigenvalue weighted by atomic mass is 9.68. The molecule has 1 aromatic rings. The molecule has 3 atom stereocenters. The summed E-state index contributed by atoms with van der Waals surface area (Å²) in [4.78, 5) is 0. The molecule has 0 heterocycles. The van der Waals surface area contributed by atoms with E-state index in [0.717, 1.165) is 12.2 Å². The minimum Gasteiger partial charge on any atom is -0.495 e. The zero-order chi connectivity index (χ0) is 11.5. The highest BCUT2D eigenvalue weighted by molar-refractivity contribution is 5.24. The van der Waals surface area contributed by atoms with Crippen molar-refractivity contribution < 1.29 is 4.74 Å². The molecule has 0 radical (unpaired) electrons. The minimum atomic E-state index is 0.404. The fourth-order valence-electron chi connectivity index (χ4n) is 2.34. The molecule has 1 fully saturated rings. The summed E-state index contributed by atoms with van der Waals surface area (Å²) in [5.74, 6) is 2.34. The summed E-state index contributed by atoms with van der Waals surface area (Å²) >= 11 is 0. The molecule has 0 amide bonds. The topological polar surface area (TPSA) is 9.23 Å². The summed E-state index contributed by atoms with van der Waals surface area (Å²) in [5, 5.41) is 0. The van der Waals surface area contributed by atoms with E-state index >= 15 is 0 Å². The van der Waals surface area contributed by atoms with E-state index in [0.29, 0.717) is 17.9 Å². The molecule has 0 bridgehead atoms. The summed E-state index contributed by atoms with van der Waals surface area (Å²) < 4.78 is 5.86. The van der Waals surface area contributed by atoms with Gasteiger partial charge in [0.25, 0.3) is 0 Å². The number of rotatable bonds is 3. The highest BCUT2D eigenvalue weighted by Crippen LogP contribution is 2.44. The Bertz CT molecular complexity index is 366. The third-order valence-electron chi connectivity index (χ3n) is 3.68. The summed E-state index contributed by atoms with van der Waals surface area (Å²) in [6, 6.07) is 10.8. The van der Waals surface area contributed by atoms with Gasteiger partial charge in [-0.1, -0.05) is 37.3 Å². The van der Waals surface area contributed by atoms with Gasteiger partial charge in [0.2, 0.25) is 0 Å². The third kappa shape index (κ3) is 2.13. The maximum atomic E-state index is 5.86. The van der Waals surface area contributed by atoms with Crippen LogP contribution in [0.15, 0.2) is 42.2 Å². The van der Waals surface area contributed by atoms with Crippen LogP contribution in [0.3, 0.4) is 0 Å². The molecule has 1 aromatic carbocycles. The van der Waals surface area contributed by atoms with Gasteiger partial charge in [-0.25, -0.2) is 0 Å². The molecule has 1 aliphatic carbocycles. The Morgan fingerprint density at radius 2 is 2.00 bits per heavy atom. The summed E-state index contributed by atoms with van der Waals surface area (Å²) in [5.41, 5.74) is 1.45. The van der Waals surface area contributed by atoms with Crippen LogP contribution in [0.1, 0.15) is 38.7 Å². The summed E-state index contributed by atoms with van der Waals surface area (Å²) in [7, 11) is 0. The number of hydrogen-bond donors (Lipinski definition) is 0. The first-order valence-corrected chi connectivity index (χ1v) is 6.07. The molecule has 0 saturated heterocycles. The van der Waals surface area contributed by atoms with Crippen molar-refractivity contribution >= 4 is 0 Å². The molecule has 16 heavy (non-hydrogen) atoms. The molecule has 0 aliphatic heterocycles. The lowest BCUT2D eigenvalue weighted by molar-refractivity contribution is -0.0164. The number of allylic oxidation sites excluding steroid dienone is 2. The summed E-state index contributed by atoms with van der Waals surface area (Å²) in [6.45, 7) is 6.34. The average molecular weight is 216 g/mol. The van der Waals surface area contributed by atoms with Crippen molar-refractivity contribution in [3.05, 3.63) is 47.7 Å². The number of ether oxygens (including phenoxy) is 1. The zero-order valence-corrected chi connectivity index (χ0v) is 10.3. The van der Waals surface area contributed by atoms with Crippen LogP contribution in [-0.4, -0.2) is 6.10 Å². The monoisotopic (exact) mass is 216 g/mol. The second kappa shape index (κ2) is 4.73. The molecule has 0 aromatic heterocycles. The molecule has 0 spiro atoms. The van der Waals surface area contributed by atoms with E-state index in [9.17, 15) is 0 Å². The third-order valence-corrected chi connectivity index (χ3v) is 3.68. The van der Waals surface area contributed by atoms with Gasteiger partial charge in [0, 0.05) is 0 Å². The van der Waals surface area contributed by atoms with E-state index in [4.69, 9.17) is 4.74 Å². The van der Waals surface area contributed by atoms with Crippen molar-refractivity contribution in [2.45, 2.75) is 39.2 Å². The van der Waals surface area contributed by atoms with Crippen LogP contribution in [-0.2, 0) is 4.74 Å². The van der Waals surface area contributed by atoms with E-state index < -0.39 is 0 Å². The van der Waals surface area contributed by atoms with Gasteiger partial charge in [-0.2, -0.15) is 0 Å². The standard InChI is InChI=1S/C15H20O/c1-4-11(2)16-15-10-14(12(15)3)13-8-6-5-7-9-13/h4-9,12,14-15H,10H2,1-3H3/b11-4+/t12?,14-,15+/m1/s1. The van der Waals surface area contributed by atoms with Crippen molar-refractivity contribution in [1.82, 2.24) is 0 Å². The summed E-state index contributed by atoms with van der Waals surface area (Å²) in [6.07, 6.45) is 3.58. The molecule has 1 saturated carbocycles. The second-order valence-corrected chi connectivity index (χ2v) is 4.67. The predicted molar refractivity (Wildman–Crippen MR) is 67.3 cm³/mol. The molecule has 0 N–H and O–H groups in total. The van der Waals surface area contributed by atoms with Gasteiger partial charge < -0.3 is 4.74 Å². The quantitative estimate of drug-likeness (QED) is 0.691. The van der Waals surface area contributed by atoms with Gasteiger partial charge in [0.05, 0.1) is 5.76 Å². The van der Waals surface area contributed by atoms with E-state index in [-0.39, 0.29) is 0 Å². The maximum absolute atomic E-state index is 5.86. The van der Waals surface area contributed by atoms with Crippen molar-refractivity contribution in [2.75, 3.05) is 0 Å². The number of benzene rings is 1. The molecular formula is C15H20O. The SMILES string of the molecule is C/C=C(\C)O[C@H]1C[C@@H](c2ccccc2)C1C. The van der Waals surface area contributed by atoms with Crippen LogP contribution in [0, 0.1) is 5.92 Å². The van der Waals surface area contributed by atoms with Crippen molar-refractivity contribution in [3.8, 4) is 0 Å². The van der Waals surface area contributed by atoms with Gasteiger partial charge in [-0.05, 0) is 43.7 Å². The molecule has 2 rings (SSSR count). The Morgan fingerprint density at radius 1 is 1.31 bits per heavy atom. The first-order chi connectivity index (χ1) is 7.72. The lowest BCUT2D eigenvalue weighted by Gasteiger charge is -2.43. The first kappa shape index (κ1) is 11.3. The first-order valence-electron chi connectivity index (χ1n) is 6.07. The van der Waals surface area contributed by atoms with Gasteiger partial charge in [-0.3, -0.25) is 0 Å². The Hall–Kier alpha value is -1.24. The van der Waals surface area contributed by atoms with Gasteiger partial charge in [-0.15, -0.1) is 0 Å². The van der Waals surface area contributed by atoms with Gasteiger partial charge >= 0.3 is 0 Å². The lowest BCUT2D eigenvalue weighted by Crippen LogP contribution is -2.39. The second-order valence-electron chi connectivity index (χ2n) is 4.67. The predicted octanol–water partition coefficient (Wildman–Crippen LogP) is 4.12. The fraction of sp³-hybridized carbons (Fsp3) is 0.467. The largest absolute Gasteiger partial charge is 0.495 e. The smallest absolute Gasteiger partial charge is 0.102 e. The normalized spacial score (nSPS) is 29.7. The van der Waals surface area contributed by atoms with Crippen LogP contribution in [0.2, 0.25) is 0 Å². The minimum absolute atomic E-state index is 0.404. The highest BCUT2D eigenvalue weighted by Gasteiger charge is 2.40. The fourth-order valence-corrected chi connectivity index (χ4v) is 2.34. The molecule has 1 aliphatic rings. The van der Waals surface area contributed by atoms with Gasteiger partial charge in [0.1, 0.15) is 6.10 Å². The maximum Gasteiger partial charge on any atom is 0.102 e. The molecule has 86 valence electrons. The highest BCUT2D eigenvalue weighted by atomic mass is 16.5. The molecule has 1 heteroatoms. The Morgan fingerprint density at radius 3 is 2.56 bits per heavy atom. The molecular weight excluding hydrogens is 196 g/mol. The Balaban J connectivity index is 1.95. The van der Waals surface area contributed by atoms with E-state index in [2.05, 4.69) is 37.3 Å². The van der Waals surface area contributed by atoms with Crippen LogP contribution < -0.4 is 0 Å². The van der Waals surface area contributed by atoms with Crippen LogP contribution in [0.5, 0.6) is 0 Å². The zero-order valence-electron chi connectivity index (χ0n) is 10.3. The molecule has 1 unspecified atom stereocenters. The van der Waals surface area contributed by atoms with Gasteiger partial charge in [0.15, 0.2) is 0 Å². The number of hydrogen-bond acceptors (Lipinski definition) is 1. The van der Waals surface area contributed by atoms with Crippen molar-refractivity contribution in [1.29, 1.82) is 0 Å². The van der Waals surface area contributed by atoms with E-state index in [1.165, 1.54) is 5.56 Å². The van der Waals surface area contributed by atoms with E-state index in [1.807, 2.05) is 19.9 Å². The Kier molecular flexibility index (Phi) is 3.33. The van der Waals surface area contributed by atoms with Crippen LogP contribution in [0.4, 0.5) is 0 Å². The van der Waals surface area contributed by atoms with Crippen molar-refractivity contribution in [2.24, 2.45) is 5.92 Å². The molecule has 1 nitrogen and oxygen atoms in total. The van der Waals surface area contributed by atoms with Crippen LogP contribution >= 0.6 is 0 Å². The average Bonchev–Trinajstić information content (AvgIpc) is 2.34. The van der Waals surface area contributed by atoms with E-state index in [1.54, 1.807) is 0 Å². The van der Waals surface area contributed by atoms with Crippen LogP contribution in [0.25, 0.3) is 0 Å². The van der Waals surface area contributed by atoms with Crippen molar-refractivity contribution in [3.63, 3.8) is 0 Å².